The Kier molecular flexibility index (Phi) is 6.63. The zero-order valence-electron chi connectivity index (χ0n) is 33.9. The molecule has 3 aromatic heterocycles. The SMILES string of the molecule is CC1(C)c2ccccc2-c2cc3oc4ccnc(N(c5ccc6c(c5)N(c5ccccc5)C5c7ccccc7C(C)(C)C65)c5ccc6c(c5)oc5ccccc56)c4c3cc21. The first kappa shape index (κ1) is 33.8. The maximum atomic E-state index is 6.80. The van der Waals surface area contributed by atoms with E-state index < -0.39 is 0 Å². The van der Waals surface area contributed by atoms with Crippen molar-refractivity contribution in [2.45, 2.75) is 50.5 Å². The molecule has 3 aliphatic rings. The minimum atomic E-state index is -0.163. The van der Waals surface area contributed by atoms with Gasteiger partial charge in [0.25, 0.3) is 0 Å². The summed E-state index contributed by atoms with van der Waals surface area (Å²) in [6.45, 7) is 9.50. The Labute approximate surface area is 348 Å². The van der Waals surface area contributed by atoms with Gasteiger partial charge in [0.05, 0.1) is 17.1 Å². The fraction of sp³-hybridized carbons (Fsp3) is 0.145. The van der Waals surface area contributed by atoms with Crippen LogP contribution < -0.4 is 9.80 Å². The van der Waals surface area contributed by atoms with Crippen LogP contribution in [0.1, 0.15) is 67.5 Å². The summed E-state index contributed by atoms with van der Waals surface area (Å²) in [5.74, 6) is 1.08. The molecule has 2 aliphatic carbocycles. The number of hydrogen-bond acceptors (Lipinski definition) is 5. The van der Waals surface area contributed by atoms with E-state index in [1.54, 1.807) is 0 Å². The third kappa shape index (κ3) is 4.39. The summed E-state index contributed by atoms with van der Waals surface area (Å²) in [4.78, 5) is 10.2. The molecule has 2 unspecified atom stereocenters. The van der Waals surface area contributed by atoms with Crippen molar-refractivity contribution in [2.75, 3.05) is 9.80 Å². The molecule has 60 heavy (non-hydrogen) atoms. The second kappa shape index (κ2) is 11.8. The van der Waals surface area contributed by atoms with Gasteiger partial charge in [0.2, 0.25) is 0 Å². The maximum Gasteiger partial charge on any atom is 0.149 e. The third-order valence-corrected chi connectivity index (χ3v) is 14.1. The van der Waals surface area contributed by atoms with Gasteiger partial charge in [0, 0.05) is 56.8 Å². The van der Waals surface area contributed by atoms with E-state index in [4.69, 9.17) is 13.8 Å². The Morgan fingerprint density at radius 1 is 0.533 bits per heavy atom. The van der Waals surface area contributed by atoms with E-state index in [0.29, 0.717) is 0 Å². The van der Waals surface area contributed by atoms with E-state index in [1.807, 2.05) is 24.4 Å². The Bertz CT molecular complexity index is 3430. The first-order valence-electron chi connectivity index (χ1n) is 21.0. The lowest BCUT2D eigenvalue weighted by atomic mass is 9.75. The third-order valence-electron chi connectivity index (χ3n) is 14.1. The highest BCUT2D eigenvalue weighted by Gasteiger charge is 2.54. The van der Waals surface area contributed by atoms with Crippen LogP contribution in [-0.2, 0) is 10.8 Å². The molecule has 7 aromatic carbocycles. The van der Waals surface area contributed by atoms with Crippen LogP contribution in [0.25, 0.3) is 55.0 Å². The molecule has 0 bridgehead atoms. The van der Waals surface area contributed by atoms with Gasteiger partial charge in [0.15, 0.2) is 0 Å². The molecule has 4 heterocycles. The number of furan rings is 2. The van der Waals surface area contributed by atoms with Crippen LogP contribution in [0, 0.1) is 0 Å². The molecule has 0 N–H and O–H groups in total. The lowest BCUT2D eigenvalue weighted by Gasteiger charge is -2.30. The average molecular weight is 776 g/mol. The Balaban J connectivity index is 1.07. The van der Waals surface area contributed by atoms with Crippen LogP contribution >= 0.6 is 0 Å². The van der Waals surface area contributed by atoms with E-state index in [2.05, 4.69) is 177 Å². The van der Waals surface area contributed by atoms with Crippen molar-refractivity contribution in [1.29, 1.82) is 0 Å². The number of rotatable bonds is 4. The van der Waals surface area contributed by atoms with Gasteiger partial charge in [-0.15, -0.1) is 0 Å². The summed E-state index contributed by atoms with van der Waals surface area (Å²) in [6, 6.07) is 57.4. The van der Waals surface area contributed by atoms with Crippen molar-refractivity contribution < 1.29 is 8.83 Å². The van der Waals surface area contributed by atoms with Gasteiger partial charge in [0.1, 0.15) is 28.1 Å². The van der Waals surface area contributed by atoms with E-state index in [1.165, 1.54) is 50.3 Å². The highest BCUT2D eigenvalue weighted by Crippen LogP contribution is 2.65. The molecule has 0 fully saturated rings. The van der Waals surface area contributed by atoms with Crippen LogP contribution in [0.3, 0.4) is 0 Å². The molecular weight excluding hydrogens is 735 g/mol. The van der Waals surface area contributed by atoms with Gasteiger partial charge in [-0.05, 0) is 105 Å². The van der Waals surface area contributed by atoms with Crippen LogP contribution in [0.4, 0.5) is 28.6 Å². The van der Waals surface area contributed by atoms with Gasteiger partial charge in [-0.1, -0.05) is 119 Å². The molecular formula is C55H41N3O2. The molecule has 5 heteroatoms. The molecule has 0 saturated carbocycles. The smallest absolute Gasteiger partial charge is 0.149 e. The summed E-state index contributed by atoms with van der Waals surface area (Å²) in [5, 5.41) is 4.24. The number of aromatic nitrogens is 1. The van der Waals surface area contributed by atoms with Gasteiger partial charge in [-0.2, -0.15) is 0 Å². The van der Waals surface area contributed by atoms with Crippen molar-refractivity contribution in [3.63, 3.8) is 0 Å². The van der Waals surface area contributed by atoms with E-state index in [0.717, 1.165) is 61.1 Å². The maximum absolute atomic E-state index is 6.80. The van der Waals surface area contributed by atoms with E-state index in [-0.39, 0.29) is 22.8 Å². The summed E-state index contributed by atoms with van der Waals surface area (Å²) >= 11 is 0. The molecule has 0 spiro atoms. The number of para-hydroxylation sites is 2. The Hall–Kier alpha value is -7.11. The zero-order chi connectivity index (χ0) is 40.1. The normalized spacial score (nSPS) is 17.9. The average Bonchev–Trinajstić information content (AvgIpc) is 4.04. The van der Waals surface area contributed by atoms with Crippen molar-refractivity contribution in [1.82, 2.24) is 4.98 Å². The fourth-order valence-corrected chi connectivity index (χ4v) is 11.4. The standard InChI is InChI=1S/C55H41N3O2/c1-54(2)42-19-11-8-16-35(42)40-31-49-41(30-44(40)54)50-47(60-49)26-27-56-53(50)57(34-22-24-37-36-17-10-13-21-46(36)59-48(37)29-34)33-23-25-39-45(28-33)58(32-14-6-5-7-15-32)52-38-18-9-12-20-43(38)55(3,4)51(39)52/h5-31,51-52H,1-4H3. The topological polar surface area (TPSA) is 45.7 Å². The Morgan fingerprint density at radius 3 is 2.12 bits per heavy atom. The minimum Gasteiger partial charge on any atom is -0.456 e. The summed E-state index contributed by atoms with van der Waals surface area (Å²) in [7, 11) is 0. The molecule has 5 nitrogen and oxygen atoms in total. The number of anilines is 5. The predicted octanol–water partition coefficient (Wildman–Crippen LogP) is 14.9. The minimum absolute atomic E-state index is 0.0658. The Morgan fingerprint density at radius 2 is 1.23 bits per heavy atom. The molecule has 1 aliphatic heterocycles. The van der Waals surface area contributed by atoms with Crippen LogP contribution in [0.5, 0.6) is 0 Å². The van der Waals surface area contributed by atoms with Gasteiger partial charge in [-0.25, -0.2) is 4.98 Å². The van der Waals surface area contributed by atoms with Crippen molar-refractivity contribution in [3.8, 4) is 11.1 Å². The van der Waals surface area contributed by atoms with Gasteiger partial charge >= 0.3 is 0 Å². The highest BCUT2D eigenvalue weighted by molar-refractivity contribution is 6.14. The first-order chi connectivity index (χ1) is 29.3. The van der Waals surface area contributed by atoms with E-state index >= 15 is 0 Å². The van der Waals surface area contributed by atoms with Crippen molar-refractivity contribution >= 4 is 72.4 Å². The highest BCUT2D eigenvalue weighted by atomic mass is 16.3. The first-order valence-corrected chi connectivity index (χ1v) is 21.0. The molecule has 0 saturated heterocycles. The monoisotopic (exact) mass is 775 g/mol. The molecule has 288 valence electrons. The van der Waals surface area contributed by atoms with Gasteiger partial charge < -0.3 is 13.7 Å². The summed E-state index contributed by atoms with van der Waals surface area (Å²) in [5.41, 5.74) is 16.8. The lowest BCUT2D eigenvalue weighted by Crippen LogP contribution is -2.24. The van der Waals surface area contributed by atoms with Crippen molar-refractivity contribution in [2.24, 2.45) is 0 Å². The largest absolute Gasteiger partial charge is 0.456 e. The number of hydrogen-bond donors (Lipinski definition) is 0. The fourth-order valence-electron chi connectivity index (χ4n) is 11.4. The molecule has 10 aromatic rings. The second-order valence-corrected chi connectivity index (χ2v) is 18.0. The van der Waals surface area contributed by atoms with E-state index in [9.17, 15) is 0 Å². The number of fused-ring (bicyclic) bond motifs is 14. The van der Waals surface area contributed by atoms with Crippen LogP contribution in [0.15, 0.2) is 173 Å². The second-order valence-electron chi connectivity index (χ2n) is 18.0. The molecule has 0 amide bonds. The zero-order valence-corrected chi connectivity index (χ0v) is 33.9. The number of benzene rings is 7. The predicted molar refractivity (Wildman–Crippen MR) is 245 cm³/mol. The van der Waals surface area contributed by atoms with Gasteiger partial charge in [-0.3, -0.25) is 4.90 Å². The number of nitrogens with zero attached hydrogens (tertiary/aromatic N) is 3. The molecule has 13 rings (SSSR count). The van der Waals surface area contributed by atoms with Crippen molar-refractivity contribution in [3.05, 3.63) is 192 Å². The van der Waals surface area contributed by atoms with Crippen LogP contribution in [0.2, 0.25) is 0 Å². The molecule has 0 radical (unpaired) electrons. The number of pyridine rings is 1. The molecule has 2 atom stereocenters. The quantitative estimate of drug-likeness (QED) is 0.178. The van der Waals surface area contributed by atoms with Crippen LogP contribution in [-0.4, -0.2) is 4.98 Å². The summed E-state index contributed by atoms with van der Waals surface area (Å²) in [6.07, 6.45) is 1.88. The summed E-state index contributed by atoms with van der Waals surface area (Å²) < 4.78 is 13.3. The lowest BCUT2D eigenvalue weighted by molar-refractivity contribution is 0.420.